The van der Waals surface area contributed by atoms with Gasteiger partial charge < -0.3 is 14.4 Å². The summed E-state index contributed by atoms with van der Waals surface area (Å²) in [6.07, 6.45) is 5.55. The number of pyridine rings is 1. The average Bonchev–Trinajstić information content (AvgIpc) is 3.03. The standard InChI is InChI=1S/C16H23N3O5S/c1-25(21,22)19(12-14-2-6-17-7-3-14)13-15(20)18-8-4-16(5-9-18)23-10-11-24-16/h2-3,6-7H,4-5,8-13H2,1H3. The summed E-state index contributed by atoms with van der Waals surface area (Å²) >= 11 is 0. The second-order valence-electron chi connectivity index (χ2n) is 6.37. The van der Waals surface area contributed by atoms with Crippen LogP contribution in [0.25, 0.3) is 0 Å². The quantitative estimate of drug-likeness (QED) is 0.737. The summed E-state index contributed by atoms with van der Waals surface area (Å²) in [5.74, 6) is -0.753. The van der Waals surface area contributed by atoms with Crippen LogP contribution in [-0.2, 0) is 30.8 Å². The Bertz CT molecular complexity index is 694. The molecule has 2 fully saturated rings. The van der Waals surface area contributed by atoms with E-state index in [1.165, 1.54) is 4.31 Å². The molecular formula is C16H23N3O5S. The van der Waals surface area contributed by atoms with Crippen LogP contribution in [0.15, 0.2) is 24.5 Å². The molecule has 9 heteroatoms. The number of amides is 1. The number of likely N-dealkylation sites (tertiary alicyclic amines) is 1. The maximum atomic E-state index is 12.6. The molecule has 2 aliphatic rings. The number of carbonyl (C=O) groups is 1. The predicted octanol–water partition coefficient (Wildman–Crippen LogP) is 0.209. The smallest absolute Gasteiger partial charge is 0.237 e. The molecule has 1 spiro atoms. The van der Waals surface area contributed by atoms with Crippen molar-refractivity contribution in [3.8, 4) is 0 Å². The van der Waals surface area contributed by atoms with Gasteiger partial charge in [0.2, 0.25) is 15.9 Å². The number of rotatable bonds is 5. The van der Waals surface area contributed by atoms with Crippen LogP contribution < -0.4 is 0 Å². The summed E-state index contributed by atoms with van der Waals surface area (Å²) < 4.78 is 36.6. The lowest BCUT2D eigenvalue weighted by Crippen LogP contribution is -2.50. The fraction of sp³-hybridized carbons (Fsp3) is 0.625. The lowest BCUT2D eigenvalue weighted by atomic mass is 10.0. The third-order valence-electron chi connectivity index (χ3n) is 4.58. The molecule has 1 amide bonds. The van der Waals surface area contributed by atoms with Crippen molar-refractivity contribution in [3.05, 3.63) is 30.1 Å². The molecule has 25 heavy (non-hydrogen) atoms. The molecule has 0 atom stereocenters. The van der Waals surface area contributed by atoms with Gasteiger partial charge >= 0.3 is 0 Å². The number of piperidine rings is 1. The molecular weight excluding hydrogens is 346 g/mol. The van der Waals surface area contributed by atoms with Crippen LogP contribution in [0, 0.1) is 0 Å². The van der Waals surface area contributed by atoms with Crippen molar-refractivity contribution in [2.75, 3.05) is 39.1 Å². The summed E-state index contributed by atoms with van der Waals surface area (Å²) in [6.45, 7) is 2.16. The highest BCUT2D eigenvalue weighted by Crippen LogP contribution is 2.31. The van der Waals surface area contributed by atoms with Gasteiger partial charge in [0.15, 0.2) is 5.79 Å². The predicted molar refractivity (Wildman–Crippen MR) is 89.9 cm³/mol. The van der Waals surface area contributed by atoms with Crippen molar-refractivity contribution < 1.29 is 22.7 Å². The topological polar surface area (TPSA) is 89.0 Å². The minimum atomic E-state index is -3.50. The van der Waals surface area contributed by atoms with E-state index in [1.54, 1.807) is 29.4 Å². The molecule has 0 N–H and O–H groups in total. The zero-order chi connectivity index (χ0) is 17.9. The third kappa shape index (κ3) is 4.55. The summed E-state index contributed by atoms with van der Waals surface area (Å²) in [5.41, 5.74) is 0.790. The fourth-order valence-corrected chi connectivity index (χ4v) is 3.84. The summed E-state index contributed by atoms with van der Waals surface area (Å²) in [4.78, 5) is 18.2. The normalized spacial score (nSPS) is 20.3. The Morgan fingerprint density at radius 1 is 1.24 bits per heavy atom. The van der Waals surface area contributed by atoms with Crippen LogP contribution in [-0.4, -0.2) is 73.4 Å². The van der Waals surface area contributed by atoms with E-state index in [2.05, 4.69) is 4.98 Å². The van der Waals surface area contributed by atoms with Crippen LogP contribution in [0.5, 0.6) is 0 Å². The molecule has 138 valence electrons. The first-order valence-corrected chi connectivity index (χ1v) is 10.1. The number of sulfonamides is 1. The molecule has 0 aliphatic carbocycles. The number of ether oxygens (including phenoxy) is 2. The van der Waals surface area contributed by atoms with Crippen molar-refractivity contribution in [2.45, 2.75) is 25.2 Å². The minimum Gasteiger partial charge on any atom is -0.347 e. The number of hydrogen-bond donors (Lipinski definition) is 0. The van der Waals surface area contributed by atoms with E-state index in [0.717, 1.165) is 11.8 Å². The highest BCUT2D eigenvalue weighted by molar-refractivity contribution is 7.88. The summed E-state index contributed by atoms with van der Waals surface area (Å²) in [5, 5.41) is 0. The maximum Gasteiger partial charge on any atom is 0.237 e. The van der Waals surface area contributed by atoms with Crippen molar-refractivity contribution in [1.29, 1.82) is 0 Å². The Hall–Kier alpha value is -1.55. The van der Waals surface area contributed by atoms with E-state index in [4.69, 9.17) is 9.47 Å². The van der Waals surface area contributed by atoms with Gasteiger partial charge in [-0.15, -0.1) is 0 Å². The molecule has 2 aliphatic heterocycles. The highest BCUT2D eigenvalue weighted by Gasteiger charge is 2.41. The van der Waals surface area contributed by atoms with Crippen LogP contribution in [0.2, 0.25) is 0 Å². The SMILES string of the molecule is CS(=O)(=O)N(CC(=O)N1CCC2(CC1)OCCO2)Cc1ccncc1. The Morgan fingerprint density at radius 3 is 2.40 bits per heavy atom. The number of hydrogen-bond acceptors (Lipinski definition) is 6. The molecule has 8 nitrogen and oxygen atoms in total. The highest BCUT2D eigenvalue weighted by atomic mass is 32.2. The van der Waals surface area contributed by atoms with Crippen LogP contribution in [0.4, 0.5) is 0 Å². The van der Waals surface area contributed by atoms with E-state index in [0.29, 0.717) is 39.1 Å². The van der Waals surface area contributed by atoms with E-state index < -0.39 is 15.8 Å². The lowest BCUT2D eigenvalue weighted by molar-refractivity contribution is -0.187. The molecule has 0 unspecified atom stereocenters. The average molecular weight is 369 g/mol. The second kappa shape index (κ2) is 7.36. The van der Waals surface area contributed by atoms with Gasteiger partial charge in [0, 0.05) is 44.9 Å². The van der Waals surface area contributed by atoms with Crippen LogP contribution in [0.1, 0.15) is 18.4 Å². The van der Waals surface area contributed by atoms with Gasteiger partial charge in [0.25, 0.3) is 0 Å². The van der Waals surface area contributed by atoms with E-state index in [9.17, 15) is 13.2 Å². The monoisotopic (exact) mass is 369 g/mol. The Morgan fingerprint density at radius 2 is 1.84 bits per heavy atom. The first-order chi connectivity index (χ1) is 11.9. The molecule has 3 rings (SSSR count). The minimum absolute atomic E-state index is 0.150. The van der Waals surface area contributed by atoms with Gasteiger partial charge in [-0.05, 0) is 17.7 Å². The third-order valence-corrected chi connectivity index (χ3v) is 5.78. The van der Waals surface area contributed by atoms with Gasteiger partial charge in [-0.25, -0.2) is 8.42 Å². The zero-order valence-corrected chi connectivity index (χ0v) is 15.1. The number of nitrogens with zero attached hydrogens (tertiary/aromatic N) is 3. The molecule has 0 aromatic carbocycles. The van der Waals surface area contributed by atoms with Gasteiger partial charge in [-0.1, -0.05) is 0 Å². The Kier molecular flexibility index (Phi) is 5.38. The van der Waals surface area contributed by atoms with E-state index in [-0.39, 0.29) is 19.0 Å². The largest absolute Gasteiger partial charge is 0.347 e. The van der Waals surface area contributed by atoms with Gasteiger partial charge in [0.05, 0.1) is 26.0 Å². The first kappa shape index (κ1) is 18.2. The summed E-state index contributed by atoms with van der Waals surface area (Å²) in [7, 11) is -3.50. The van der Waals surface area contributed by atoms with Crippen molar-refractivity contribution in [2.24, 2.45) is 0 Å². The van der Waals surface area contributed by atoms with Crippen molar-refractivity contribution >= 4 is 15.9 Å². The van der Waals surface area contributed by atoms with Crippen LogP contribution >= 0.6 is 0 Å². The number of carbonyl (C=O) groups excluding carboxylic acids is 1. The molecule has 3 heterocycles. The molecule has 0 radical (unpaired) electrons. The van der Waals surface area contributed by atoms with E-state index >= 15 is 0 Å². The molecule has 0 bridgehead atoms. The molecule has 0 saturated carbocycles. The van der Waals surface area contributed by atoms with E-state index in [1.807, 2.05) is 0 Å². The Labute approximate surface area is 147 Å². The molecule has 1 aromatic heterocycles. The van der Waals surface area contributed by atoms with Crippen LogP contribution in [0.3, 0.4) is 0 Å². The summed E-state index contributed by atoms with van der Waals surface area (Å²) in [6, 6.07) is 3.48. The van der Waals surface area contributed by atoms with Gasteiger partial charge in [-0.3, -0.25) is 9.78 Å². The molecule has 2 saturated heterocycles. The second-order valence-corrected chi connectivity index (χ2v) is 8.36. The Balaban J connectivity index is 1.61. The van der Waals surface area contributed by atoms with Crippen molar-refractivity contribution in [3.63, 3.8) is 0 Å². The van der Waals surface area contributed by atoms with Gasteiger partial charge in [-0.2, -0.15) is 4.31 Å². The van der Waals surface area contributed by atoms with Gasteiger partial charge in [0.1, 0.15) is 0 Å². The van der Waals surface area contributed by atoms with Crippen molar-refractivity contribution in [1.82, 2.24) is 14.2 Å². The number of aromatic nitrogens is 1. The zero-order valence-electron chi connectivity index (χ0n) is 14.3. The maximum absolute atomic E-state index is 12.6. The first-order valence-electron chi connectivity index (χ1n) is 8.28. The lowest BCUT2D eigenvalue weighted by Gasteiger charge is -2.38. The molecule has 1 aromatic rings. The fourth-order valence-electron chi connectivity index (χ4n) is 3.12.